The molecule has 23 heavy (non-hydrogen) atoms. The van der Waals surface area contributed by atoms with Crippen LogP contribution < -0.4 is 10.6 Å². The first-order valence-corrected chi connectivity index (χ1v) is 8.62. The first-order chi connectivity index (χ1) is 11.2. The van der Waals surface area contributed by atoms with Gasteiger partial charge in [-0.25, -0.2) is 4.79 Å². The lowest BCUT2D eigenvalue weighted by atomic mass is 9.97. The van der Waals surface area contributed by atoms with E-state index in [0.29, 0.717) is 11.7 Å². The normalized spacial score (nSPS) is 20.9. The number of hydrogen-bond acceptors (Lipinski definition) is 5. The molecular formula is C16H20N4O2S. The van der Waals surface area contributed by atoms with Gasteiger partial charge in [0.1, 0.15) is 5.01 Å². The second-order valence-corrected chi connectivity index (χ2v) is 6.51. The first kappa shape index (κ1) is 15.9. The molecule has 1 saturated heterocycles. The van der Waals surface area contributed by atoms with Crippen LogP contribution in [-0.4, -0.2) is 28.9 Å². The van der Waals surface area contributed by atoms with Crippen molar-refractivity contribution >= 4 is 22.5 Å². The maximum absolute atomic E-state index is 12.1. The fourth-order valence-electron chi connectivity index (χ4n) is 2.59. The van der Waals surface area contributed by atoms with E-state index >= 15 is 0 Å². The van der Waals surface area contributed by atoms with E-state index in [0.717, 1.165) is 29.8 Å². The third-order valence-corrected chi connectivity index (χ3v) is 4.76. The highest BCUT2D eigenvalue weighted by Crippen LogP contribution is 2.28. The molecule has 1 aromatic heterocycles. The number of anilines is 1. The molecule has 1 aromatic carbocycles. The monoisotopic (exact) mass is 332 g/mol. The highest BCUT2D eigenvalue weighted by molar-refractivity contribution is 7.15. The molecule has 0 radical (unpaired) electrons. The summed E-state index contributed by atoms with van der Waals surface area (Å²) in [6, 6.07) is 9.96. The van der Waals surface area contributed by atoms with Gasteiger partial charge in [0.25, 0.3) is 0 Å². The summed E-state index contributed by atoms with van der Waals surface area (Å²) < 4.78 is 5.82. The number of nitrogens with zero attached hydrogens (tertiary/aromatic N) is 2. The number of aryl methyl sites for hydroxylation is 1. The average Bonchev–Trinajstić information content (AvgIpc) is 3.03. The van der Waals surface area contributed by atoms with E-state index in [4.69, 9.17) is 4.74 Å². The van der Waals surface area contributed by atoms with Crippen molar-refractivity contribution in [2.24, 2.45) is 0 Å². The van der Waals surface area contributed by atoms with Crippen LogP contribution in [0.3, 0.4) is 0 Å². The highest BCUT2D eigenvalue weighted by Gasteiger charge is 2.25. The van der Waals surface area contributed by atoms with Gasteiger partial charge in [-0.05, 0) is 24.8 Å². The Morgan fingerprint density at radius 3 is 2.91 bits per heavy atom. The number of rotatable bonds is 4. The van der Waals surface area contributed by atoms with Crippen LogP contribution in [-0.2, 0) is 11.2 Å². The standard InChI is InChI=1S/C16H20N4O2S/c1-2-14-19-20-16(23-14)18-15(21)17-12-8-9-22-13(10-12)11-6-4-3-5-7-11/h3-7,12-13H,2,8-10H2,1H3,(H2,17,18,20,21)/t12-,13+/m1/s1. The summed E-state index contributed by atoms with van der Waals surface area (Å²) in [6.07, 6.45) is 2.43. The Labute approximate surface area is 139 Å². The van der Waals surface area contributed by atoms with Gasteiger partial charge in [-0.2, -0.15) is 0 Å². The molecule has 2 N–H and O–H groups in total. The fourth-order valence-corrected chi connectivity index (χ4v) is 3.27. The van der Waals surface area contributed by atoms with Crippen LogP contribution in [0, 0.1) is 0 Å². The third-order valence-electron chi connectivity index (χ3n) is 3.78. The van der Waals surface area contributed by atoms with Crippen molar-refractivity contribution in [2.45, 2.75) is 38.3 Å². The van der Waals surface area contributed by atoms with Crippen LogP contribution in [0.4, 0.5) is 9.93 Å². The smallest absolute Gasteiger partial charge is 0.321 e. The second kappa shape index (κ2) is 7.52. The topological polar surface area (TPSA) is 76.1 Å². The molecule has 122 valence electrons. The number of benzene rings is 1. The molecule has 0 unspecified atom stereocenters. The molecule has 7 heteroatoms. The van der Waals surface area contributed by atoms with E-state index in [1.807, 2.05) is 25.1 Å². The Bertz CT molecular complexity index is 647. The van der Waals surface area contributed by atoms with Crippen LogP contribution in [0.5, 0.6) is 0 Å². The molecule has 1 aliphatic rings. The number of carbonyl (C=O) groups is 1. The van der Waals surface area contributed by atoms with Gasteiger partial charge in [0.2, 0.25) is 5.13 Å². The van der Waals surface area contributed by atoms with Gasteiger partial charge >= 0.3 is 6.03 Å². The van der Waals surface area contributed by atoms with E-state index in [9.17, 15) is 4.79 Å². The van der Waals surface area contributed by atoms with Crippen LogP contribution in [0.2, 0.25) is 0 Å². The van der Waals surface area contributed by atoms with Gasteiger partial charge in [0.05, 0.1) is 6.10 Å². The SMILES string of the molecule is CCc1nnc(NC(=O)N[C@@H]2CCO[C@H](c3ccccc3)C2)s1. The van der Waals surface area contributed by atoms with E-state index in [-0.39, 0.29) is 18.2 Å². The van der Waals surface area contributed by atoms with Gasteiger partial charge in [-0.3, -0.25) is 5.32 Å². The average molecular weight is 332 g/mol. The molecule has 2 heterocycles. The minimum Gasteiger partial charge on any atom is -0.373 e. The van der Waals surface area contributed by atoms with Crippen LogP contribution >= 0.6 is 11.3 Å². The lowest BCUT2D eigenvalue weighted by Gasteiger charge is -2.30. The van der Waals surface area contributed by atoms with Crippen molar-refractivity contribution in [1.29, 1.82) is 0 Å². The van der Waals surface area contributed by atoms with Gasteiger partial charge in [-0.15, -0.1) is 10.2 Å². The molecule has 1 aliphatic heterocycles. The molecule has 0 spiro atoms. The molecule has 1 fully saturated rings. The summed E-state index contributed by atoms with van der Waals surface area (Å²) in [4.78, 5) is 12.1. The summed E-state index contributed by atoms with van der Waals surface area (Å²) in [7, 11) is 0. The predicted octanol–water partition coefficient (Wildman–Crippen LogP) is 3.14. The zero-order chi connectivity index (χ0) is 16.1. The minimum atomic E-state index is -0.234. The van der Waals surface area contributed by atoms with Crippen molar-refractivity contribution < 1.29 is 9.53 Å². The van der Waals surface area contributed by atoms with Crippen molar-refractivity contribution in [3.63, 3.8) is 0 Å². The number of nitrogens with one attached hydrogen (secondary N) is 2. The van der Waals surface area contributed by atoms with E-state index in [2.05, 4.69) is 33.0 Å². The lowest BCUT2D eigenvalue weighted by Crippen LogP contribution is -2.42. The summed E-state index contributed by atoms with van der Waals surface area (Å²) in [5.74, 6) is 0. The Morgan fingerprint density at radius 1 is 1.35 bits per heavy atom. The van der Waals surface area contributed by atoms with Crippen LogP contribution in [0.25, 0.3) is 0 Å². The van der Waals surface area contributed by atoms with Crippen LogP contribution in [0.1, 0.15) is 36.4 Å². The van der Waals surface area contributed by atoms with Gasteiger partial charge in [-0.1, -0.05) is 48.6 Å². The molecule has 2 aromatic rings. The molecule has 6 nitrogen and oxygen atoms in total. The van der Waals surface area contributed by atoms with Crippen molar-refractivity contribution in [2.75, 3.05) is 11.9 Å². The molecule has 0 aliphatic carbocycles. The Kier molecular flexibility index (Phi) is 5.19. The number of hydrogen-bond donors (Lipinski definition) is 2. The Morgan fingerprint density at radius 2 is 2.17 bits per heavy atom. The highest BCUT2D eigenvalue weighted by atomic mass is 32.1. The van der Waals surface area contributed by atoms with E-state index in [1.165, 1.54) is 11.3 Å². The van der Waals surface area contributed by atoms with Crippen molar-refractivity contribution in [3.8, 4) is 0 Å². The molecular weight excluding hydrogens is 312 g/mol. The summed E-state index contributed by atoms with van der Waals surface area (Å²) >= 11 is 1.40. The summed E-state index contributed by atoms with van der Waals surface area (Å²) in [5.41, 5.74) is 1.15. The lowest BCUT2D eigenvalue weighted by molar-refractivity contribution is 0.00254. The fraction of sp³-hybridized carbons (Fsp3) is 0.438. The second-order valence-electron chi connectivity index (χ2n) is 5.44. The van der Waals surface area contributed by atoms with Crippen LogP contribution in [0.15, 0.2) is 30.3 Å². The Hall–Kier alpha value is -1.99. The zero-order valence-electron chi connectivity index (χ0n) is 13.0. The maximum atomic E-state index is 12.1. The summed E-state index contributed by atoms with van der Waals surface area (Å²) in [5, 5.41) is 15.1. The molecule has 2 amide bonds. The molecule has 0 saturated carbocycles. The third kappa shape index (κ3) is 4.27. The van der Waals surface area contributed by atoms with Crippen molar-refractivity contribution in [3.05, 3.63) is 40.9 Å². The Balaban J connectivity index is 1.54. The van der Waals surface area contributed by atoms with Gasteiger partial charge in [0.15, 0.2) is 0 Å². The number of ether oxygens (including phenoxy) is 1. The number of amides is 2. The molecule has 0 bridgehead atoms. The summed E-state index contributed by atoms with van der Waals surface area (Å²) in [6.45, 7) is 2.65. The quantitative estimate of drug-likeness (QED) is 0.902. The van der Waals surface area contributed by atoms with Gasteiger partial charge in [0, 0.05) is 12.6 Å². The molecule has 2 atom stereocenters. The molecule has 3 rings (SSSR count). The number of aromatic nitrogens is 2. The van der Waals surface area contributed by atoms with E-state index in [1.54, 1.807) is 0 Å². The maximum Gasteiger partial charge on any atom is 0.321 e. The first-order valence-electron chi connectivity index (χ1n) is 7.81. The predicted molar refractivity (Wildman–Crippen MR) is 89.6 cm³/mol. The largest absolute Gasteiger partial charge is 0.373 e. The minimum absolute atomic E-state index is 0.0310. The van der Waals surface area contributed by atoms with Crippen molar-refractivity contribution in [1.82, 2.24) is 15.5 Å². The van der Waals surface area contributed by atoms with Gasteiger partial charge < -0.3 is 10.1 Å². The zero-order valence-corrected chi connectivity index (χ0v) is 13.8. The van der Waals surface area contributed by atoms with E-state index < -0.39 is 0 Å². The number of carbonyl (C=O) groups excluding carboxylic acids is 1. The number of urea groups is 1.